The lowest BCUT2D eigenvalue weighted by Crippen LogP contribution is -2.12. The Kier molecular flexibility index (Phi) is 4.96. The van der Waals surface area contributed by atoms with Crippen LogP contribution in [0.1, 0.15) is 15.9 Å². The predicted molar refractivity (Wildman–Crippen MR) is 115 cm³/mol. The van der Waals surface area contributed by atoms with Gasteiger partial charge < -0.3 is 14.8 Å². The van der Waals surface area contributed by atoms with Gasteiger partial charge in [-0.3, -0.25) is 19.7 Å². The Labute approximate surface area is 175 Å². The standard InChI is InChI=1S/C23H16N2O6/c1-13-2-9-21-17(10-13)19(26)12-22(31-21)14-3-5-15(6-4-14)23(28)24-18-8-7-16(25(29)30)11-20(18)27/h2-12,27H,1H3,(H,24,28). The van der Waals surface area contributed by atoms with Crippen LogP contribution in [0.4, 0.5) is 11.4 Å². The zero-order valence-corrected chi connectivity index (χ0v) is 16.3. The normalized spacial score (nSPS) is 10.7. The number of rotatable bonds is 4. The van der Waals surface area contributed by atoms with Crippen molar-refractivity contribution in [2.24, 2.45) is 0 Å². The number of hydrogen-bond donors (Lipinski definition) is 2. The molecule has 0 bridgehead atoms. The Balaban J connectivity index is 1.58. The van der Waals surface area contributed by atoms with Crippen molar-refractivity contribution in [2.45, 2.75) is 6.92 Å². The number of carbonyl (C=O) groups excluding carboxylic acids is 1. The summed E-state index contributed by atoms with van der Waals surface area (Å²) in [5.74, 6) is -0.542. The van der Waals surface area contributed by atoms with Gasteiger partial charge in [-0.2, -0.15) is 0 Å². The number of nitro groups is 1. The summed E-state index contributed by atoms with van der Waals surface area (Å²) in [7, 11) is 0. The average Bonchev–Trinajstić information content (AvgIpc) is 2.75. The molecule has 1 amide bonds. The van der Waals surface area contributed by atoms with Gasteiger partial charge in [0.2, 0.25) is 0 Å². The van der Waals surface area contributed by atoms with E-state index in [-0.39, 0.29) is 16.8 Å². The van der Waals surface area contributed by atoms with Crippen molar-refractivity contribution in [2.75, 3.05) is 5.32 Å². The van der Waals surface area contributed by atoms with Crippen LogP contribution in [0.2, 0.25) is 0 Å². The fourth-order valence-electron chi connectivity index (χ4n) is 3.13. The molecule has 2 N–H and O–H groups in total. The summed E-state index contributed by atoms with van der Waals surface area (Å²) in [6.45, 7) is 1.90. The van der Waals surface area contributed by atoms with Gasteiger partial charge in [-0.05, 0) is 37.3 Å². The van der Waals surface area contributed by atoms with E-state index in [0.717, 1.165) is 11.6 Å². The molecule has 8 heteroatoms. The van der Waals surface area contributed by atoms with Crippen LogP contribution in [0, 0.1) is 17.0 Å². The molecule has 3 aromatic carbocycles. The van der Waals surface area contributed by atoms with Crippen molar-refractivity contribution in [3.63, 3.8) is 0 Å². The first kappa shape index (κ1) is 19.8. The van der Waals surface area contributed by atoms with Gasteiger partial charge in [-0.15, -0.1) is 0 Å². The Morgan fingerprint density at radius 2 is 1.77 bits per heavy atom. The molecule has 154 valence electrons. The number of fused-ring (bicyclic) bond motifs is 1. The number of nitro benzene ring substituents is 1. The maximum atomic E-state index is 12.5. The lowest BCUT2D eigenvalue weighted by Gasteiger charge is -2.08. The number of amides is 1. The molecule has 0 aliphatic rings. The molecule has 0 fully saturated rings. The number of phenolic OH excluding ortho intramolecular Hbond substituents is 1. The molecule has 8 nitrogen and oxygen atoms in total. The third-order valence-electron chi connectivity index (χ3n) is 4.75. The smallest absolute Gasteiger partial charge is 0.273 e. The molecule has 0 atom stereocenters. The fourth-order valence-corrected chi connectivity index (χ4v) is 3.13. The molecule has 0 saturated heterocycles. The summed E-state index contributed by atoms with van der Waals surface area (Å²) in [5.41, 5.74) is 1.96. The third kappa shape index (κ3) is 3.99. The van der Waals surface area contributed by atoms with Crippen molar-refractivity contribution in [1.29, 1.82) is 0 Å². The fraction of sp³-hybridized carbons (Fsp3) is 0.0435. The summed E-state index contributed by atoms with van der Waals surface area (Å²) >= 11 is 0. The summed E-state index contributed by atoms with van der Waals surface area (Å²) in [4.78, 5) is 35.0. The van der Waals surface area contributed by atoms with Crippen LogP contribution < -0.4 is 10.7 Å². The van der Waals surface area contributed by atoms with Crippen molar-refractivity contribution in [3.05, 3.63) is 98.2 Å². The number of nitrogens with one attached hydrogen (secondary N) is 1. The van der Waals surface area contributed by atoms with Crippen LogP contribution in [0.25, 0.3) is 22.3 Å². The summed E-state index contributed by atoms with van der Waals surface area (Å²) in [6.07, 6.45) is 0. The average molecular weight is 416 g/mol. The highest BCUT2D eigenvalue weighted by Gasteiger charge is 2.14. The Morgan fingerprint density at radius 3 is 2.45 bits per heavy atom. The summed E-state index contributed by atoms with van der Waals surface area (Å²) in [5, 5.41) is 23.7. The Bertz CT molecular complexity index is 1390. The van der Waals surface area contributed by atoms with Gasteiger partial charge in [-0.1, -0.05) is 23.8 Å². The number of aryl methyl sites for hydroxylation is 1. The van der Waals surface area contributed by atoms with E-state index in [1.807, 2.05) is 13.0 Å². The first-order valence-corrected chi connectivity index (χ1v) is 9.25. The van der Waals surface area contributed by atoms with Crippen LogP contribution in [0.15, 0.2) is 75.9 Å². The molecule has 0 aliphatic heterocycles. The second-order valence-corrected chi connectivity index (χ2v) is 6.96. The molecule has 0 saturated carbocycles. The van der Waals surface area contributed by atoms with Crippen molar-refractivity contribution in [1.82, 2.24) is 0 Å². The van der Waals surface area contributed by atoms with E-state index in [1.54, 1.807) is 36.4 Å². The minimum Gasteiger partial charge on any atom is -0.506 e. The monoisotopic (exact) mass is 416 g/mol. The molecule has 0 spiro atoms. The summed E-state index contributed by atoms with van der Waals surface area (Å²) in [6, 6.07) is 16.6. The number of aromatic hydroxyl groups is 1. The van der Waals surface area contributed by atoms with Crippen LogP contribution in [0.5, 0.6) is 5.75 Å². The first-order valence-electron chi connectivity index (χ1n) is 9.25. The number of non-ortho nitro benzene ring substituents is 1. The zero-order valence-electron chi connectivity index (χ0n) is 16.3. The van der Waals surface area contributed by atoms with Crippen LogP contribution in [0.3, 0.4) is 0 Å². The largest absolute Gasteiger partial charge is 0.506 e. The maximum absolute atomic E-state index is 12.5. The first-order chi connectivity index (χ1) is 14.8. The van der Waals surface area contributed by atoms with Gasteiger partial charge in [0.1, 0.15) is 17.1 Å². The quantitative estimate of drug-likeness (QED) is 0.284. The molecule has 0 aliphatic carbocycles. The highest BCUT2D eigenvalue weighted by Crippen LogP contribution is 2.28. The zero-order chi connectivity index (χ0) is 22.1. The number of carbonyl (C=O) groups is 1. The number of hydrogen-bond acceptors (Lipinski definition) is 6. The Morgan fingerprint density at radius 1 is 1.03 bits per heavy atom. The molecule has 4 rings (SSSR count). The summed E-state index contributed by atoms with van der Waals surface area (Å²) < 4.78 is 5.84. The van der Waals surface area contributed by atoms with Gasteiger partial charge in [0, 0.05) is 23.3 Å². The van der Waals surface area contributed by atoms with E-state index >= 15 is 0 Å². The van der Waals surface area contributed by atoms with Gasteiger partial charge >= 0.3 is 0 Å². The number of phenols is 1. The number of anilines is 1. The van der Waals surface area contributed by atoms with E-state index in [4.69, 9.17) is 4.42 Å². The highest BCUT2D eigenvalue weighted by atomic mass is 16.6. The minimum absolute atomic E-state index is 0.0514. The lowest BCUT2D eigenvalue weighted by molar-refractivity contribution is -0.384. The topological polar surface area (TPSA) is 123 Å². The molecule has 4 aromatic rings. The molecular formula is C23H16N2O6. The Hall–Kier alpha value is -4.46. The number of benzene rings is 3. The van der Waals surface area contributed by atoms with E-state index < -0.39 is 16.6 Å². The molecule has 0 unspecified atom stereocenters. The van der Waals surface area contributed by atoms with E-state index in [0.29, 0.717) is 27.9 Å². The third-order valence-corrected chi connectivity index (χ3v) is 4.75. The molecule has 1 aromatic heterocycles. The lowest BCUT2D eigenvalue weighted by atomic mass is 10.1. The van der Waals surface area contributed by atoms with Crippen LogP contribution >= 0.6 is 0 Å². The highest BCUT2D eigenvalue weighted by molar-refractivity contribution is 6.05. The van der Waals surface area contributed by atoms with Crippen LogP contribution in [-0.4, -0.2) is 15.9 Å². The number of nitrogens with zero attached hydrogens (tertiary/aromatic N) is 1. The van der Waals surface area contributed by atoms with E-state index in [1.165, 1.54) is 18.2 Å². The van der Waals surface area contributed by atoms with Gasteiger partial charge in [0.25, 0.3) is 11.6 Å². The minimum atomic E-state index is -0.642. The van der Waals surface area contributed by atoms with Crippen molar-refractivity contribution in [3.8, 4) is 17.1 Å². The molecular weight excluding hydrogens is 400 g/mol. The second-order valence-electron chi connectivity index (χ2n) is 6.96. The van der Waals surface area contributed by atoms with Gasteiger partial charge in [0.15, 0.2) is 5.43 Å². The van der Waals surface area contributed by atoms with Crippen molar-refractivity contribution >= 4 is 28.3 Å². The molecule has 31 heavy (non-hydrogen) atoms. The second kappa shape index (κ2) is 7.75. The van der Waals surface area contributed by atoms with Gasteiger partial charge in [-0.25, -0.2) is 0 Å². The van der Waals surface area contributed by atoms with Crippen molar-refractivity contribution < 1.29 is 19.2 Å². The molecule has 1 heterocycles. The maximum Gasteiger partial charge on any atom is 0.273 e. The van der Waals surface area contributed by atoms with E-state index in [2.05, 4.69) is 5.32 Å². The van der Waals surface area contributed by atoms with Gasteiger partial charge in [0.05, 0.1) is 22.1 Å². The van der Waals surface area contributed by atoms with E-state index in [9.17, 15) is 24.8 Å². The predicted octanol–water partition coefficient (Wildman–Crippen LogP) is 4.63. The van der Waals surface area contributed by atoms with Crippen LogP contribution in [-0.2, 0) is 0 Å². The molecule has 0 radical (unpaired) electrons. The SMILES string of the molecule is Cc1ccc2oc(-c3ccc(C(=O)Nc4ccc([N+](=O)[O-])cc4O)cc3)cc(=O)c2c1.